The second-order valence-corrected chi connectivity index (χ2v) is 11.3. The molecule has 1 aliphatic heterocycles. The number of alkyl halides is 3. The number of halogens is 4. The summed E-state index contributed by atoms with van der Waals surface area (Å²) in [5.74, 6) is 3.17. The molecule has 1 aromatic heterocycles. The van der Waals surface area contributed by atoms with Crippen molar-refractivity contribution in [2.24, 2.45) is 12.5 Å². The Labute approximate surface area is 210 Å². The second-order valence-electron chi connectivity index (χ2n) is 10.2. The molecule has 0 unspecified atom stereocenters. The number of hydrogen-bond acceptors (Lipinski definition) is 4. The van der Waals surface area contributed by atoms with Crippen molar-refractivity contribution in [2.45, 2.75) is 74.5 Å². The fraction of sp³-hybridized carbons (Fsp3) is 0.680. The van der Waals surface area contributed by atoms with Gasteiger partial charge in [0.2, 0.25) is 0 Å². The fourth-order valence-corrected chi connectivity index (χ4v) is 6.81. The van der Waals surface area contributed by atoms with E-state index in [0.717, 1.165) is 61.2 Å². The molecule has 0 bridgehead atoms. The average molecular weight is 515 g/mol. The van der Waals surface area contributed by atoms with Gasteiger partial charge in [-0.05, 0) is 74.2 Å². The number of rotatable bonds is 7. The highest BCUT2D eigenvalue weighted by Gasteiger charge is 2.57. The van der Waals surface area contributed by atoms with Gasteiger partial charge in [-0.1, -0.05) is 43.2 Å². The first-order chi connectivity index (χ1) is 15.9. The number of benzene rings is 1. The van der Waals surface area contributed by atoms with Crippen LogP contribution in [-0.2, 0) is 13.2 Å². The average Bonchev–Trinajstić information content (AvgIpc) is 3.15. The van der Waals surface area contributed by atoms with Crippen LogP contribution in [0.5, 0.6) is 0 Å². The van der Waals surface area contributed by atoms with E-state index in [2.05, 4.69) is 26.7 Å². The van der Waals surface area contributed by atoms with E-state index in [0.29, 0.717) is 11.8 Å². The molecule has 1 spiro atoms. The molecule has 3 aliphatic rings. The van der Waals surface area contributed by atoms with Crippen molar-refractivity contribution in [2.75, 3.05) is 25.4 Å². The van der Waals surface area contributed by atoms with Crippen molar-refractivity contribution in [3.8, 4) is 0 Å². The van der Waals surface area contributed by atoms with Gasteiger partial charge in [0, 0.05) is 25.3 Å². The van der Waals surface area contributed by atoms with Crippen LogP contribution in [0.2, 0.25) is 0 Å². The number of likely N-dealkylation sites (tertiary alicyclic amines) is 1. The van der Waals surface area contributed by atoms with E-state index < -0.39 is 11.7 Å². The lowest BCUT2D eigenvalue weighted by molar-refractivity contribution is -0.137. The van der Waals surface area contributed by atoms with E-state index in [-0.39, 0.29) is 17.8 Å². The van der Waals surface area contributed by atoms with E-state index in [9.17, 15) is 13.2 Å². The molecule has 2 aromatic rings. The van der Waals surface area contributed by atoms with Gasteiger partial charge < -0.3 is 9.47 Å². The summed E-state index contributed by atoms with van der Waals surface area (Å²) in [6.07, 6.45) is 5.53. The third-order valence-corrected chi connectivity index (χ3v) is 9.09. The van der Waals surface area contributed by atoms with Crippen molar-refractivity contribution in [3.63, 3.8) is 0 Å². The lowest BCUT2D eigenvalue weighted by Gasteiger charge is -2.20. The molecule has 0 N–H and O–H groups in total. The lowest BCUT2D eigenvalue weighted by atomic mass is 9.89. The Kier molecular flexibility index (Phi) is 7.89. The molecule has 3 fully saturated rings. The maximum Gasteiger partial charge on any atom is 0.416 e. The van der Waals surface area contributed by atoms with Crippen LogP contribution in [-0.4, -0.2) is 45.1 Å². The first-order valence-electron chi connectivity index (χ1n) is 12.3. The Morgan fingerprint density at radius 3 is 2.53 bits per heavy atom. The van der Waals surface area contributed by atoms with Crippen LogP contribution < -0.4 is 0 Å². The molecule has 9 heteroatoms. The van der Waals surface area contributed by atoms with Gasteiger partial charge in [0.15, 0.2) is 5.16 Å². The van der Waals surface area contributed by atoms with Gasteiger partial charge in [0.05, 0.1) is 5.56 Å². The zero-order valence-corrected chi connectivity index (χ0v) is 21.3. The maximum atomic E-state index is 12.8. The van der Waals surface area contributed by atoms with Crippen molar-refractivity contribution >= 4 is 24.2 Å². The number of nitrogens with zero attached hydrogens (tertiary/aromatic N) is 4. The van der Waals surface area contributed by atoms with Gasteiger partial charge in [0.1, 0.15) is 5.82 Å². The molecular formula is C25H34ClF3N4S. The highest BCUT2D eigenvalue weighted by atomic mass is 35.5. The monoisotopic (exact) mass is 514 g/mol. The summed E-state index contributed by atoms with van der Waals surface area (Å²) in [4.78, 5) is 2.54. The molecule has 34 heavy (non-hydrogen) atoms. The highest BCUT2D eigenvalue weighted by molar-refractivity contribution is 7.99. The predicted octanol–water partition coefficient (Wildman–Crippen LogP) is 6.67. The zero-order valence-electron chi connectivity index (χ0n) is 19.7. The van der Waals surface area contributed by atoms with E-state index in [1.54, 1.807) is 23.9 Å². The predicted molar refractivity (Wildman–Crippen MR) is 132 cm³/mol. The summed E-state index contributed by atoms with van der Waals surface area (Å²) in [7, 11) is 2.10. The van der Waals surface area contributed by atoms with Crippen LogP contribution in [0.1, 0.15) is 80.2 Å². The van der Waals surface area contributed by atoms with Crippen molar-refractivity contribution in [3.05, 3.63) is 41.2 Å². The second kappa shape index (κ2) is 10.4. The standard InChI is InChI=1S/C25H33F3N4S.ClH/c1-31-22(19-6-3-2-4-7-19)29-30-23(31)33-15-5-13-32-14-12-24(17-32)16-21(24)18-8-10-20(11-9-18)25(26,27)28;/h8-11,19,21H,2-7,12-17H2,1H3;1H/t21-,24-;/m0./s1. The molecular weight excluding hydrogens is 481 g/mol. The van der Waals surface area contributed by atoms with Gasteiger partial charge >= 0.3 is 6.18 Å². The topological polar surface area (TPSA) is 34.0 Å². The number of hydrogen-bond donors (Lipinski definition) is 0. The van der Waals surface area contributed by atoms with E-state index >= 15 is 0 Å². The smallest absolute Gasteiger partial charge is 0.309 e. The third kappa shape index (κ3) is 5.44. The van der Waals surface area contributed by atoms with E-state index in [4.69, 9.17) is 0 Å². The molecule has 0 radical (unpaired) electrons. The van der Waals surface area contributed by atoms with Gasteiger partial charge in [-0.2, -0.15) is 13.2 Å². The van der Waals surface area contributed by atoms with Crippen LogP contribution in [0.3, 0.4) is 0 Å². The maximum absolute atomic E-state index is 12.8. The van der Waals surface area contributed by atoms with Gasteiger partial charge in [-0.3, -0.25) is 0 Å². The van der Waals surface area contributed by atoms with Crippen LogP contribution in [0.25, 0.3) is 0 Å². The highest BCUT2D eigenvalue weighted by Crippen LogP contribution is 2.64. The van der Waals surface area contributed by atoms with Gasteiger partial charge in [0.25, 0.3) is 0 Å². The number of aromatic nitrogens is 3. The lowest BCUT2D eigenvalue weighted by Crippen LogP contribution is -2.23. The largest absolute Gasteiger partial charge is 0.416 e. The minimum atomic E-state index is -4.26. The summed E-state index contributed by atoms with van der Waals surface area (Å²) in [6, 6.07) is 5.84. The molecule has 188 valence electrons. The molecule has 1 aromatic carbocycles. The Morgan fingerprint density at radius 2 is 1.82 bits per heavy atom. The summed E-state index contributed by atoms with van der Waals surface area (Å²) >= 11 is 1.80. The van der Waals surface area contributed by atoms with Gasteiger partial charge in [-0.15, -0.1) is 22.6 Å². The molecule has 2 heterocycles. The molecule has 5 rings (SSSR count). The Hall–Kier alpha value is -1.25. The molecule has 4 nitrogen and oxygen atoms in total. The summed E-state index contributed by atoms with van der Waals surface area (Å²) < 4.78 is 40.7. The molecule has 2 atom stereocenters. The minimum Gasteiger partial charge on any atom is -0.309 e. The third-order valence-electron chi connectivity index (χ3n) is 7.98. The van der Waals surface area contributed by atoms with Crippen molar-refractivity contribution in [1.29, 1.82) is 0 Å². The Morgan fingerprint density at radius 1 is 1.09 bits per heavy atom. The normalized spacial score (nSPS) is 25.6. The van der Waals surface area contributed by atoms with E-state index in [1.807, 2.05) is 0 Å². The first-order valence-corrected chi connectivity index (χ1v) is 13.3. The Bertz CT molecular complexity index is 958. The Balaban J connectivity index is 0.00000274. The van der Waals surface area contributed by atoms with Crippen LogP contribution in [0.4, 0.5) is 13.2 Å². The van der Waals surface area contributed by atoms with Crippen LogP contribution in [0.15, 0.2) is 29.4 Å². The summed E-state index contributed by atoms with van der Waals surface area (Å²) in [5, 5.41) is 9.97. The zero-order chi connectivity index (χ0) is 23.1. The van der Waals surface area contributed by atoms with E-state index in [1.165, 1.54) is 44.2 Å². The van der Waals surface area contributed by atoms with Crippen LogP contribution >= 0.6 is 24.2 Å². The van der Waals surface area contributed by atoms with Crippen LogP contribution in [0, 0.1) is 5.41 Å². The fourth-order valence-electron chi connectivity index (χ4n) is 5.97. The molecule has 0 amide bonds. The quantitative estimate of drug-likeness (QED) is 0.305. The summed E-state index contributed by atoms with van der Waals surface area (Å²) in [6.45, 7) is 3.23. The molecule has 2 aliphatic carbocycles. The van der Waals surface area contributed by atoms with Gasteiger partial charge in [-0.25, -0.2) is 0 Å². The minimum absolute atomic E-state index is 0. The number of thioether (sulfide) groups is 1. The molecule has 2 saturated carbocycles. The van der Waals surface area contributed by atoms with Crippen molar-refractivity contribution < 1.29 is 13.2 Å². The summed E-state index contributed by atoms with van der Waals surface area (Å²) in [5.41, 5.74) is 0.794. The first kappa shape index (κ1) is 25.8. The van der Waals surface area contributed by atoms with Crippen molar-refractivity contribution in [1.82, 2.24) is 19.7 Å². The SMILES string of the molecule is Cl.Cn1c(SCCCN2CC[C@]3(C[C@H]3c3ccc(C(F)(F)F)cc3)C2)nnc1C1CCCCC1. The molecule has 1 saturated heterocycles.